The molecule has 0 spiro atoms. The Morgan fingerprint density at radius 3 is 2.62 bits per heavy atom. The molecule has 0 N–H and O–H groups in total. The predicted octanol–water partition coefficient (Wildman–Crippen LogP) is 3.65. The first kappa shape index (κ1) is 15.6. The van der Waals surface area contributed by atoms with Crippen LogP contribution < -0.4 is 4.74 Å². The number of ether oxygens (including phenoxy) is 1. The minimum Gasteiger partial charge on any atom is -0.494 e. The Bertz CT molecular complexity index is 866. The lowest BCUT2D eigenvalue weighted by atomic mass is 10.1. The van der Waals surface area contributed by atoms with Crippen molar-refractivity contribution in [3.05, 3.63) is 82.3 Å². The molecule has 0 saturated heterocycles. The van der Waals surface area contributed by atoms with E-state index >= 15 is 0 Å². The van der Waals surface area contributed by atoms with Crippen LogP contribution in [-0.2, 0) is 6.42 Å². The summed E-state index contributed by atoms with van der Waals surface area (Å²) >= 11 is 0. The van der Waals surface area contributed by atoms with Crippen LogP contribution in [0.3, 0.4) is 0 Å². The van der Waals surface area contributed by atoms with E-state index < -0.39 is 4.92 Å². The molecule has 2 aromatic heterocycles. The first-order valence-corrected chi connectivity index (χ1v) is 7.35. The maximum atomic E-state index is 11.0. The van der Waals surface area contributed by atoms with Crippen LogP contribution in [0.15, 0.2) is 60.9 Å². The lowest BCUT2D eigenvalue weighted by Crippen LogP contribution is -1.98. The summed E-state index contributed by atoms with van der Waals surface area (Å²) in [6.45, 7) is 0. The van der Waals surface area contributed by atoms with Crippen LogP contribution in [0.4, 0.5) is 5.69 Å². The normalized spacial score (nSPS) is 10.4. The van der Waals surface area contributed by atoms with Gasteiger partial charge < -0.3 is 4.74 Å². The first-order chi connectivity index (χ1) is 11.7. The molecule has 0 aliphatic carbocycles. The fourth-order valence-corrected chi connectivity index (χ4v) is 2.43. The van der Waals surface area contributed by atoms with E-state index in [1.54, 1.807) is 31.6 Å². The van der Waals surface area contributed by atoms with Gasteiger partial charge in [-0.1, -0.05) is 12.1 Å². The summed E-state index contributed by atoms with van der Waals surface area (Å²) in [7, 11) is 1.56. The number of aromatic nitrogens is 2. The highest BCUT2D eigenvalue weighted by atomic mass is 16.6. The second kappa shape index (κ2) is 6.87. The van der Waals surface area contributed by atoms with Gasteiger partial charge in [0.15, 0.2) is 0 Å². The number of pyridine rings is 2. The molecule has 24 heavy (non-hydrogen) atoms. The third-order valence-electron chi connectivity index (χ3n) is 3.60. The zero-order valence-electron chi connectivity index (χ0n) is 13.0. The average molecular weight is 321 g/mol. The van der Waals surface area contributed by atoms with Crippen LogP contribution in [0, 0.1) is 10.1 Å². The van der Waals surface area contributed by atoms with Crippen molar-refractivity contribution >= 4 is 5.69 Å². The summed E-state index contributed by atoms with van der Waals surface area (Å²) in [6, 6.07) is 14.0. The Labute approximate surface area is 138 Å². The molecule has 0 fully saturated rings. The molecule has 3 aromatic rings. The van der Waals surface area contributed by atoms with Gasteiger partial charge in [-0.3, -0.25) is 15.1 Å². The number of hydrogen-bond acceptors (Lipinski definition) is 5. The summed E-state index contributed by atoms with van der Waals surface area (Å²) in [6.07, 6.45) is 4.12. The lowest BCUT2D eigenvalue weighted by molar-refractivity contribution is -0.384. The summed E-state index contributed by atoms with van der Waals surface area (Å²) in [5, 5.41) is 11.0. The minimum absolute atomic E-state index is 0.0240. The van der Waals surface area contributed by atoms with Gasteiger partial charge in [0, 0.05) is 42.2 Å². The third-order valence-corrected chi connectivity index (χ3v) is 3.60. The van der Waals surface area contributed by atoms with E-state index in [-0.39, 0.29) is 5.69 Å². The summed E-state index contributed by atoms with van der Waals surface area (Å²) < 4.78 is 5.36. The molecule has 0 radical (unpaired) electrons. The van der Waals surface area contributed by atoms with E-state index in [1.807, 2.05) is 24.3 Å². The summed E-state index contributed by atoms with van der Waals surface area (Å²) in [5.41, 5.74) is 3.21. The number of rotatable bonds is 5. The Morgan fingerprint density at radius 1 is 1.12 bits per heavy atom. The quantitative estimate of drug-likeness (QED) is 0.529. The largest absolute Gasteiger partial charge is 0.494 e. The van der Waals surface area contributed by atoms with Gasteiger partial charge in [0.05, 0.1) is 12.0 Å². The average Bonchev–Trinajstić information content (AvgIpc) is 2.62. The molecule has 1 aromatic carbocycles. The first-order valence-electron chi connectivity index (χ1n) is 7.35. The molecule has 0 aliphatic rings. The molecule has 120 valence electrons. The third kappa shape index (κ3) is 3.38. The van der Waals surface area contributed by atoms with E-state index in [0.717, 1.165) is 11.3 Å². The van der Waals surface area contributed by atoms with Gasteiger partial charge in [-0.2, -0.15) is 0 Å². The van der Waals surface area contributed by atoms with Gasteiger partial charge in [0.25, 0.3) is 5.69 Å². The standard InChI is InChI=1S/C18H15N3O3/c1-24-17-6-5-15(11-13-7-9-19-10-8-13)20-18(17)14-3-2-4-16(12-14)21(22)23/h2-10,12H,11H2,1H3. The molecule has 6 nitrogen and oxygen atoms in total. The number of methoxy groups -OCH3 is 1. The SMILES string of the molecule is COc1ccc(Cc2ccncc2)nc1-c1cccc([N+](=O)[O-])c1. The molecule has 6 heteroatoms. The van der Waals surface area contributed by atoms with Gasteiger partial charge in [0.2, 0.25) is 0 Å². The summed E-state index contributed by atoms with van der Waals surface area (Å²) in [5.74, 6) is 0.578. The molecular weight excluding hydrogens is 306 g/mol. The Kier molecular flexibility index (Phi) is 4.47. The van der Waals surface area contributed by atoms with E-state index in [1.165, 1.54) is 12.1 Å². The number of benzene rings is 1. The minimum atomic E-state index is -0.420. The van der Waals surface area contributed by atoms with E-state index in [9.17, 15) is 10.1 Å². The van der Waals surface area contributed by atoms with Gasteiger partial charge >= 0.3 is 0 Å². The van der Waals surface area contributed by atoms with Crippen LogP contribution in [0.5, 0.6) is 5.75 Å². The predicted molar refractivity (Wildman–Crippen MR) is 89.9 cm³/mol. The van der Waals surface area contributed by atoms with Gasteiger partial charge in [-0.05, 0) is 29.8 Å². The van der Waals surface area contributed by atoms with E-state index in [0.29, 0.717) is 23.4 Å². The van der Waals surface area contributed by atoms with E-state index in [2.05, 4.69) is 9.97 Å². The Hall–Kier alpha value is -3.28. The maximum absolute atomic E-state index is 11.0. The molecule has 0 saturated carbocycles. The number of nitrogens with zero attached hydrogens (tertiary/aromatic N) is 3. The van der Waals surface area contributed by atoms with Gasteiger partial charge in [-0.15, -0.1) is 0 Å². The van der Waals surface area contributed by atoms with Crippen molar-refractivity contribution in [3.8, 4) is 17.0 Å². The zero-order chi connectivity index (χ0) is 16.9. The van der Waals surface area contributed by atoms with Gasteiger partial charge in [0.1, 0.15) is 11.4 Å². The fraction of sp³-hybridized carbons (Fsp3) is 0.111. The zero-order valence-corrected chi connectivity index (χ0v) is 13.0. The van der Waals surface area contributed by atoms with Crippen LogP contribution in [0.2, 0.25) is 0 Å². The van der Waals surface area contributed by atoms with Crippen molar-refractivity contribution in [1.82, 2.24) is 9.97 Å². The number of hydrogen-bond donors (Lipinski definition) is 0. The summed E-state index contributed by atoms with van der Waals surface area (Å²) in [4.78, 5) is 19.2. The van der Waals surface area contributed by atoms with Crippen molar-refractivity contribution in [1.29, 1.82) is 0 Å². The lowest BCUT2D eigenvalue weighted by Gasteiger charge is -2.10. The second-order valence-electron chi connectivity index (χ2n) is 5.19. The molecule has 3 rings (SSSR count). The molecular formula is C18H15N3O3. The highest BCUT2D eigenvalue weighted by Gasteiger charge is 2.13. The Morgan fingerprint density at radius 2 is 1.92 bits per heavy atom. The molecule has 2 heterocycles. The van der Waals surface area contributed by atoms with Crippen LogP contribution in [0.25, 0.3) is 11.3 Å². The van der Waals surface area contributed by atoms with Crippen molar-refractivity contribution in [2.24, 2.45) is 0 Å². The van der Waals surface area contributed by atoms with Gasteiger partial charge in [-0.25, -0.2) is 4.98 Å². The topological polar surface area (TPSA) is 78.2 Å². The van der Waals surface area contributed by atoms with Crippen molar-refractivity contribution < 1.29 is 9.66 Å². The molecule has 0 atom stereocenters. The number of nitro benzene ring substituents is 1. The van der Waals surface area contributed by atoms with Crippen LogP contribution in [-0.4, -0.2) is 22.0 Å². The van der Waals surface area contributed by atoms with Crippen molar-refractivity contribution in [3.63, 3.8) is 0 Å². The van der Waals surface area contributed by atoms with Crippen LogP contribution in [0.1, 0.15) is 11.3 Å². The highest BCUT2D eigenvalue weighted by molar-refractivity contribution is 5.68. The number of nitro groups is 1. The monoisotopic (exact) mass is 321 g/mol. The van der Waals surface area contributed by atoms with Crippen molar-refractivity contribution in [2.45, 2.75) is 6.42 Å². The number of non-ortho nitro benzene ring substituents is 1. The Balaban J connectivity index is 2.01. The van der Waals surface area contributed by atoms with Crippen LogP contribution >= 0.6 is 0 Å². The smallest absolute Gasteiger partial charge is 0.270 e. The van der Waals surface area contributed by atoms with Crippen molar-refractivity contribution in [2.75, 3.05) is 7.11 Å². The molecule has 0 aliphatic heterocycles. The maximum Gasteiger partial charge on any atom is 0.270 e. The molecule has 0 unspecified atom stereocenters. The second-order valence-corrected chi connectivity index (χ2v) is 5.19. The molecule has 0 bridgehead atoms. The van der Waals surface area contributed by atoms with E-state index in [4.69, 9.17) is 4.74 Å². The molecule has 0 amide bonds. The fourth-order valence-electron chi connectivity index (χ4n) is 2.43. The highest BCUT2D eigenvalue weighted by Crippen LogP contribution is 2.30.